The van der Waals surface area contributed by atoms with Crippen LogP contribution in [0, 0.1) is 5.82 Å². The van der Waals surface area contributed by atoms with Crippen LogP contribution >= 0.6 is 11.3 Å². The summed E-state index contributed by atoms with van der Waals surface area (Å²) in [6.45, 7) is 0.146. The average Bonchev–Trinajstić information content (AvgIpc) is 3.53. The number of anilines is 1. The molecule has 0 aliphatic carbocycles. The van der Waals surface area contributed by atoms with Gasteiger partial charge in [0.2, 0.25) is 0 Å². The first-order valence-electron chi connectivity index (χ1n) is 9.09. The van der Waals surface area contributed by atoms with Crippen molar-refractivity contribution in [3.05, 3.63) is 101 Å². The molecule has 0 saturated heterocycles. The largest absolute Gasteiger partial charge is 0.467 e. The second-order valence-corrected chi connectivity index (χ2v) is 7.29. The van der Waals surface area contributed by atoms with Crippen molar-refractivity contribution < 1.29 is 22.8 Å². The minimum absolute atomic E-state index is 0.146. The molecule has 0 saturated carbocycles. The van der Waals surface area contributed by atoms with Crippen LogP contribution in [-0.4, -0.2) is 11.8 Å². The van der Waals surface area contributed by atoms with Gasteiger partial charge in [-0.25, -0.2) is 4.39 Å². The number of halogens is 1. The van der Waals surface area contributed by atoms with Crippen molar-refractivity contribution in [1.29, 1.82) is 0 Å². The molecule has 0 aliphatic rings. The monoisotopic (exact) mass is 424 g/mol. The van der Waals surface area contributed by atoms with E-state index in [0.717, 1.165) is 0 Å². The molecule has 6 nitrogen and oxygen atoms in total. The molecule has 4 rings (SSSR count). The third-order valence-corrected chi connectivity index (χ3v) is 5.25. The number of carbonyl (C=O) groups excluding carboxylic acids is 2. The smallest absolute Gasteiger partial charge is 0.269 e. The normalized spacial score (nSPS) is 11.8. The van der Waals surface area contributed by atoms with Gasteiger partial charge < -0.3 is 14.2 Å². The lowest BCUT2D eigenvalue weighted by molar-refractivity contribution is -0.123. The quantitative estimate of drug-likeness (QED) is 0.463. The first kappa shape index (κ1) is 19.7. The maximum Gasteiger partial charge on any atom is 0.269 e. The zero-order chi connectivity index (χ0) is 20.9. The van der Waals surface area contributed by atoms with E-state index in [9.17, 15) is 14.0 Å². The van der Waals surface area contributed by atoms with E-state index >= 15 is 0 Å². The third-order valence-electron chi connectivity index (χ3n) is 4.39. The van der Waals surface area contributed by atoms with Crippen LogP contribution in [0.3, 0.4) is 0 Å². The molecule has 30 heavy (non-hydrogen) atoms. The fourth-order valence-electron chi connectivity index (χ4n) is 3.01. The fourth-order valence-corrected chi connectivity index (χ4v) is 3.67. The summed E-state index contributed by atoms with van der Waals surface area (Å²) in [6.07, 6.45) is 2.94. The molecule has 8 heteroatoms. The number of hydrogen-bond acceptors (Lipinski definition) is 5. The Hall–Kier alpha value is -3.65. The summed E-state index contributed by atoms with van der Waals surface area (Å²) in [5, 5.41) is 4.55. The van der Waals surface area contributed by atoms with Crippen molar-refractivity contribution in [3.8, 4) is 0 Å². The summed E-state index contributed by atoms with van der Waals surface area (Å²) in [5.74, 6) is -0.457. The van der Waals surface area contributed by atoms with Gasteiger partial charge in [0.1, 0.15) is 17.3 Å². The average molecular weight is 424 g/mol. The Kier molecular flexibility index (Phi) is 5.76. The molecule has 0 aliphatic heterocycles. The Morgan fingerprint density at radius 2 is 1.77 bits per heavy atom. The maximum absolute atomic E-state index is 13.5. The van der Waals surface area contributed by atoms with Crippen LogP contribution in [0.5, 0.6) is 0 Å². The first-order chi connectivity index (χ1) is 14.6. The molecule has 1 aromatic carbocycles. The van der Waals surface area contributed by atoms with E-state index in [4.69, 9.17) is 8.83 Å². The molecule has 0 unspecified atom stereocenters. The zero-order valence-electron chi connectivity index (χ0n) is 15.7. The van der Waals surface area contributed by atoms with Crippen LogP contribution < -0.4 is 10.2 Å². The highest BCUT2D eigenvalue weighted by molar-refractivity contribution is 7.12. The van der Waals surface area contributed by atoms with Crippen molar-refractivity contribution >= 4 is 28.8 Å². The van der Waals surface area contributed by atoms with E-state index in [2.05, 4.69) is 5.32 Å². The molecule has 3 heterocycles. The molecule has 1 atom stereocenters. The van der Waals surface area contributed by atoms with Crippen LogP contribution in [0.2, 0.25) is 0 Å². The minimum atomic E-state index is -1.10. The molecule has 4 aromatic rings. The Morgan fingerprint density at radius 3 is 2.40 bits per heavy atom. The highest BCUT2D eigenvalue weighted by Gasteiger charge is 2.35. The van der Waals surface area contributed by atoms with Crippen molar-refractivity contribution in [2.75, 3.05) is 4.90 Å². The molecule has 0 fully saturated rings. The van der Waals surface area contributed by atoms with Crippen molar-refractivity contribution in [1.82, 2.24) is 5.32 Å². The summed E-state index contributed by atoms with van der Waals surface area (Å²) in [4.78, 5) is 28.3. The number of nitrogens with zero attached hydrogens (tertiary/aromatic N) is 1. The van der Waals surface area contributed by atoms with E-state index in [0.29, 0.717) is 16.3 Å². The molecule has 0 radical (unpaired) electrons. The van der Waals surface area contributed by atoms with Gasteiger partial charge in [-0.2, -0.15) is 0 Å². The molecule has 152 valence electrons. The Labute approximate surface area is 175 Å². The maximum atomic E-state index is 13.5. The minimum Gasteiger partial charge on any atom is -0.467 e. The van der Waals surface area contributed by atoms with Gasteiger partial charge >= 0.3 is 0 Å². The summed E-state index contributed by atoms with van der Waals surface area (Å²) < 4.78 is 24.3. The van der Waals surface area contributed by atoms with Gasteiger partial charge in [0, 0.05) is 5.69 Å². The number of amides is 2. The van der Waals surface area contributed by atoms with E-state index in [1.807, 2.05) is 0 Å². The Bertz CT molecular complexity index is 1090. The van der Waals surface area contributed by atoms with Gasteiger partial charge in [-0.15, -0.1) is 11.3 Å². The number of thiophene rings is 1. The fraction of sp³-hybridized carbons (Fsp3) is 0.0909. The van der Waals surface area contributed by atoms with Crippen molar-refractivity contribution in [2.45, 2.75) is 12.6 Å². The first-order valence-corrected chi connectivity index (χ1v) is 9.97. The zero-order valence-corrected chi connectivity index (χ0v) is 16.5. The number of nitrogens with one attached hydrogen (secondary N) is 1. The lowest BCUT2D eigenvalue weighted by atomic mass is 10.1. The highest BCUT2D eigenvalue weighted by Crippen LogP contribution is 2.31. The Balaban J connectivity index is 1.73. The molecular weight excluding hydrogens is 407 g/mol. The van der Waals surface area contributed by atoms with Crippen LogP contribution in [0.4, 0.5) is 10.1 Å². The van der Waals surface area contributed by atoms with Gasteiger partial charge in [-0.3, -0.25) is 14.5 Å². The van der Waals surface area contributed by atoms with Gasteiger partial charge in [-0.05, 0) is 60.0 Å². The lowest BCUT2D eigenvalue weighted by Crippen LogP contribution is -2.43. The number of carbonyl (C=O) groups is 2. The standard InChI is InChI=1S/C22H17FN2O4S/c23-15-7-9-16(10-8-15)25(22(27)19-6-3-13-30-19)20(18-5-2-12-29-18)21(26)24-14-17-4-1-11-28-17/h1-13,20H,14H2,(H,24,26)/t20-/m1/s1. The molecule has 0 bridgehead atoms. The highest BCUT2D eigenvalue weighted by atomic mass is 32.1. The topological polar surface area (TPSA) is 75.7 Å². The van der Waals surface area contributed by atoms with Crippen molar-refractivity contribution in [2.24, 2.45) is 0 Å². The second kappa shape index (κ2) is 8.79. The van der Waals surface area contributed by atoms with Gasteiger partial charge in [0.05, 0.1) is 23.9 Å². The van der Waals surface area contributed by atoms with E-state index < -0.39 is 23.7 Å². The lowest BCUT2D eigenvalue weighted by Gasteiger charge is -2.29. The van der Waals surface area contributed by atoms with Crippen LogP contribution in [0.15, 0.2) is 87.4 Å². The predicted octanol–water partition coefficient (Wildman–Crippen LogP) is 4.78. The van der Waals surface area contributed by atoms with Crippen molar-refractivity contribution in [3.63, 3.8) is 0 Å². The summed E-state index contributed by atoms with van der Waals surface area (Å²) in [7, 11) is 0. The van der Waals surface area contributed by atoms with E-state index in [1.165, 1.54) is 53.0 Å². The molecular formula is C22H17FN2O4S. The Morgan fingerprint density at radius 1 is 1.00 bits per heavy atom. The van der Waals surface area contributed by atoms with Crippen LogP contribution in [-0.2, 0) is 11.3 Å². The van der Waals surface area contributed by atoms with Crippen LogP contribution in [0.25, 0.3) is 0 Å². The number of rotatable bonds is 7. The van der Waals surface area contributed by atoms with E-state index in [-0.39, 0.29) is 12.3 Å². The van der Waals surface area contributed by atoms with E-state index in [1.54, 1.807) is 41.8 Å². The van der Waals surface area contributed by atoms with Gasteiger partial charge in [0.15, 0.2) is 6.04 Å². The number of furan rings is 2. The van der Waals surface area contributed by atoms with Crippen LogP contribution in [0.1, 0.15) is 27.2 Å². The third kappa shape index (κ3) is 4.18. The molecule has 2 amide bonds. The predicted molar refractivity (Wildman–Crippen MR) is 110 cm³/mol. The summed E-state index contributed by atoms with van der Waals surface area (Å²) in [6, 6.07) is 14.4. The molecule has 0 spiro atoms. The second-order valence-electron chi connectivity index (χ2n) is 6.34. The summed E-state index contributed by atoms with van der Waals surface area (Å²) >= 11 is 1.25. The SMILES string of the molecule is O=C(NCc1ccco1)[C@@H](c1ccco1)N(C(=O)c1cccs1)c1ccc(F)cc1. The number of hydrogen-bond donors (Lipinski definition) is 1. The van der Waals surface area contributed by atoms with Gasteiger partial charge in [0.25, 0.3) is 11.8 Å². The molecule has 1 N–H and O–H groups in total. The van der Waals surface area contributed by atoms with Gasteiger partial charge in [-0.1, -0.05) is 6.07 Å². The molecule has 3 aromatic heterocycles. The summed E-state index contributed by atoms with van der Waals surface area (Å²) in [5.41, 5.74) is 0.365. The number of benzene rings is 1.